The molecule has 0 aliphatic carbocycles. The van der Waals surface area contributed by atoms with Gasteiger partial charge in [0.05, 0.1) is 12.3 Å². The van der Waals surface area contributed by atoms with Crippen molar-refractivity contribution in [3.63, 3.8) is 0 Å². The molecule has 0 spiro atoms. The van der Waals surface area contributed by atoms with Crippen molar-refractivity contribution >= 4 is 11.6 Å². The molecule has 0 saturated carbocycles. The number of aryl methyl sites for hydroxylation is 1. The maximum Gasteiger partial charge on any atom is 0.139 e. The van der Waals surface area contributed by atoms with E-state index in [4.69, 9.17) is 16.7 Å². The Kier molecular flexibility index (Phi) is 2.70. The number of aliphatic hydroxyl groups excluding tert-OH is 1. The summed E-state index contributed by atoms with van der Waals surface area (Å²) in [4.78, 5) is 8.24. The molecule has 0 unspecified atom stereocenters. The Labute approximate surface area is 92.2 Å². The number of nitrogens with zero attached hydrogens (tertiary/aromatic N) is 3. The fourth-order valence-electron chi connectivity index (χ4n) is 1.30. The Balaban J connectivity index is 2.48. The summed E-state index contributed by atoms with van der Waals surface area (Å²) in [7, 11) is 0. The van der Waals surface area contributed by atoms with Crippen LogP contribution in [0.2, 0.25) is 5.15 Å². The SMILES string of the molecule is Cc1cn(-c2cc(CO)cc(Cl)n2)cn1. The van der Waals surface area contributed by atoms with Crippen LogP contribution in [0.25, 0.3) is 5.82 Å². The third-order valence-electron chi connectivity index (χ3n) is 2.00. The second-order valence-electron chi connectivity index (χ2n) is 3.24. The highest BCUT2D eigenvalue weighted by Crippen LogP contribution is 2.14. The molecule has 2 aromatic rings. The fraction of sp³-hybridized carbons (Fsp3) is 0.200. The molecule has 0 radical (unpaired) electrons. The fourth-order valence-corrected chi connectivity index (χ4v) is 1.53. The molecular formula is C10H10ClN3O. The highest BCUT2D eigenvalue weighted by molar-refractivity contribution is 6.29. The van der Waals surface area contributed by atoms with E-state index in [1.54, 1.807) is 23.0 Å². The largest absolute Gasteiger partial charge is 0.392 e. The van der Waals surface area contributed by atoms with Crippen molar-refractivity contribution in [2.75, 3.05) is 0 Å². The van der Waals surface area contributed by atoms with Crippen molar-refractivity contribution in [1.29, 1.82) is 0 Å². The molecule has 15 heavy (non-hydrogen) atoms. The highest BCUT2D eigenvalue weighted by atomic mass is 35.5. The molecule has 5 heteroatoms. The summed E-state index contributed by atoms with van der Waals surface area (Å²) < 4.78 is 1.76. The molecule has 0 aliphatic rings. The number of rotatable bonds is 2. The van der Waals surface area contributed by atoms with Crippen molar-refractivity contribution < 1.29 is 5.11 Å². The van der Waals surface area contributed by atoms with Crippen molar-refractivity contribution in [2.45, 2.75) is 13.5 Å². The highest BCUT2D eigenvalue weighted by Gasteiger charge is 2.03. The summed E-state index contributed by atoms with van der Waals surface area (Å²) in [6, 6.07) is 3.40. The monoisotopic (exact) mass is 223 g/mol. The van der Waals surface area contributed by atoms with Gasteiger partial charge in [-0.25, -0.2) is 9.97 Å². The number of halogens is 1. The zero-order valence-electron chi connectivity index (χ0n) is 8.18. The third-order valence-corrected chi connectivity index (χ3v) is 2.19. The van der Waals surface area contributed by atoms with Gasteiger partial charge in [0, 0.05) is 6.20 Å². The van der Waals surface area contributed by atoms with E-state index in [1.165, 1.54) is 0 Å². The Morgan fingerprint density at radius 3 is 2.87 bits per heavy atom. The standard InChI is InChI=1S/C10H10ClN3O/c1-7-4-14(6-12-7)10-3-8(5-15)2-9(11)13-10/h2-4,6,15H,5H2,1H3. The average molecular weight is 224 g/mol. The summed E-state index contributed by atoms with van der Waals surface area (Å²) in [5, 5.41) is 9.39. The minimum absolute atomic E-state index is 0.0527. The molecule has 0 aliphatic heterocycles. The van der Waals surface area contributed by atoms with E-state index >= 15 is 0 Å². The number of pyridine rings is 1. The predicted octanol–water partition coefficient (Wildman–Crippen LogP) is 1.72. The van der Waals surface area contributed by atoms with Crippen LogP contribution in [0.4, 0.5) is 0 Å². The average Bonchev–Trinajstić information content (AvgIpc) is 2.64. The predicted molar refractivity (Wildman–Crippen MR) is 57.0 cm³/mol. The Morgan fingerprint density at radius 1 is 1.47 bits per heavy atom. The van der Waals surface area contributed by atoms with Gasteiger partial charge in [0.1, 0.15) is 17.3 Å². The lowest BCUT2D eigenvalue weighted by atomic mass is 10.3. The van der Waals surface area contributed by atoms with Crippen LogP contribution in [-0.2, 0) is 6.61 Å². The third kappa shape index (κ3) is 2.16. The van der Waals surface area contributed by atoms with Crippen molar-refractivity contribution in [2.24, 2.45) is 0 Å². The maximum absolute atomic E-state index is 9.03. The summed E-state index contributed by atoms with van der Waals surface area (Å²) in [6.07, 6.45) is 3.51. The van der Waals surface area contributed by atoms with Gasteiger partial charge in [-0.1, -0.05) is 11.6 Å². The van der Waals surface area contributed by atoms with E-state index in [1.807, 2.05) is 13.1 Å². The number of aromatic nitrogens is 3. The smallest absolute Gasteiger partial charge is 0.139 e. The van der Waals surface area contributed by atoms with Crippen LogP contribution in [0, 0.1) is 6.92 Å². The van der Waals surface area contributed by atoms with Crippen LogP contribution in [-0.4, -0.2) is 19.6 Å². The number of aliphatic hydroxyl groups is 1. The zero-order chi connectivity index (χ0) is 10.8. The zero-order valence-corrected chi connectivity index (χ0v) is 8.94. The van der Waals surface area contributed by atoms with Gasteiger partial charge >= 0.3 is 0 Å². The van der Waals surface area contributed by atoms with E-state index in [-0.39, 0.29) is 6.61 Å². The first-order valence-corrected chi connectivity index (χ1v) is 4.85. The van der Waals surface area contributed by atoms with Gasteiger partial charge < -0.3 is 5.11 Å². The van der Waals surface area contributed by atoms with Crippen LogP contribution in [0.15, 0.2) is 24.7 Å². The summed E-state index contributed by atoms with van der Waals surface area (Å²) >= 11 is 5.83. The lowest BCUT2D eigenvalue weighted by Crippen LogP contribution is -1.97. The van der Waals surface area contributed by atoms with E-state index in [0.717, 1.165) is 11.3 Å². The van der Waals surface area contributed by atoms with Gasteiger partial charge in [0.2, 0.25) is 0 Å². The maximum atomic E-state index is 9.03. The number of hydrogen-bond acceptors (Lipinski definition) is 3. The molecule has 2 rings (SSSR count). The molecule has 2 heterocycles. The Hall–Kier alpha value is -1.39. The second-order valence-corrected chi connectivity index (χ2v) is 3.62. The van der Waals surface area contributed by atoms with Gasteiger partial charge in [-0.05, 0) is 24.6 Å². The van der Waals surface area contributed by atoms with Crippen molar-refractivity contribution in [3.05, 3.63) is 41.1 Å². The molecule has 4 nitrogen and oxygen atoms in total. The summed E-state index contributed by atoms with van der Waals surface area (Å²) in [5.74, 6) is 0.659. The molecule has 0 aromatic carbocycles. The molecule has 0 bridgehead atoms. The molecule has 1 N–H and O–H groups in total. The quantitative estimate of drug-likeness (QED) is 0.789. The van der Waals surface area contributed by atoms with Crippen LogP contribution in [0.1, 0.15) is 11.3 Å². The number of imidazole rings is 1. The van der Waals surface area contributed by atoms with Crippen LogP contribution in [0.3, 0.4) is 0 Å². The number of hydrogen-bond donors (Lipinski definition) is 1. The van der Waals surface area contributed by atoms with Crippen molar-refractivity contribution in [1.82, 2.24) is 14.5 Å². The molecule has 0 amide bonds. The first-order valence-electron chi connectivity index (χ1n) is 4.47. The van der Waals surface area contributed by atoms with E-state index in [9.17, 15) is 0 Å². The van der Waals surface area contributed by atoms with Gasteiger partial charge in [0.25, 0.3) is 0 Å². The lowest BCUT2D eigenvalue weighted by Gasteiger charge is -2.03. The van der Waals surface area contributed by atoms with E-state index < -0.39 is 0 Å². The molecule has 0 saturated heterocycles. The lowest BCUT2D eigenvalue weighted by molar-refractivity contribution is 0.281. The van der Waals surface area contributed by atoms with E-state index in [0.29, 0.717) is 11.0 Å². The second kappa shape index (κ2) is 4.00. The van der Waals surface area contributed by atoms with Crippen LogP contribution in [0.5, 0.6) is 0 Å². The minimum atomic E-state index is -0.0527. The molecule has 78 valence electrons. The van der Waals surface area contributed by atoms with Crippen molar-refractivity contribution in [3.8, 4) is 5.82 Å². The summed E-state index contributed by atoms with van der Waals surface area (Å²) in [5.41, 5.74) is 1.64. The Morgan fingerprint density at radius 2 is 2.27 bits per heavy atom. The molecule has 0 fully saturated rings. The van der Waals surface area contributed by atoms with Gasteiger partial charge in [-0.3, -0.25) is 4.57 Å². The van der Waals surface area contributed by atoms with Crippen LogP contribution < -0.4 is 0 Å². The normalized spacial score (nSPS) is 10.6. The van der Waals surface area contributed by atoms with E-state index in [2.05, 4.69) is 9.97 Å². The van der Waals surface area contributed by atoms with Gasteiger partial charge in [-0.2, -0.15) is 0 Å². The van der Waals surface area contributed by atoms with Crippen LogP contribution >= 0.6 is 11.6 Å². The Bertz CT molecular complexity index is 481. The molecule has 0 atom stereocenters. The van der Waals surface area contributed by atoms with Gasteiger partial charge in [-0.15, -0.1) is 0 Å². The summed E-state index contributed by atoms with van der Waals surface area (Å²) in [6.45, 7) is 1.84. The minimum Gasteiger partial charge on any atom is -0.392 e. The first kappa shape index (κ1) is 10.1. The van der Waals surface area contributed by atoms with Gasteiger partial charge in [0.15, 0.2) is 0 Å². The first-order chi connectivity index (χ1) is 7.19. The molecule has 2 aromatic heterocycles. The molecular weight excluding hydrogens is 214 g/mol. The topological polar surface area (TPSA) is 50.9 Å².